The number of urea groups is 1. The van der Waals surface area contributed by atoms with Crippen molar-refractivity contribution in [1.29, 1.82) is 0 Å². The smallest absolute Gasteiger partial charge is 0.334 e. The number of halogens is 4. The molecule has 0 atom stereocenters. The zero-order chi connectivity index (χ0) is 16.2. The summed E-state index contributed by atoms with van der Waals surface area (Å²) in [5.41, 5.74) is 0.435. The number of alkyl halides is 3. The molecule has 2 amide bonds. The third-order valence-corrected chi connectivity index (χ3v) is 3.31. The van der Waals surface area contributed by atoms with Crippen molar-refractivity contribution < 1.29 is 18.0 Å². The second-order valence-corrected chi connectivity index (χ2v) is 5.43. The summed E-state index contributed by atoms with van der Waals surface area (Å²) in [6, 6.07) is 11.2. The van der Waals surface area contributed by atoms with Crippen molar-refractivity contribution in [1.82, 2.24) is 5.32 Å². The molecular formula is C15H12BrF3N2O. The van der Waals surface area contributed by atoms with Gasteiger partial charge in [-0.05, 0) is 42.0 Å². The van der Waals surface area contributed by atoms with E-state index in [0.29, 0.717) is 12.2 Å². The van der Waals surface area contributed by atoms with Crippen LogP contribution in [0, 0.1) is 0 Å². The number of carbonyl (C=O) groups is 1. The maximum absolute atomic E-state index is 12.4. The maximum Gasteiger partial charge on any atom is 0.416 e. The first-order valence-electron chi connectivity index (χ1n) is 6.31. The molecule has 0 aromatic heterocycles. The van der Waals surface area contributed by atoms with Gasteiger partial charge in [0.05, 0.1) is 5.56 Å². The molecule has 116 valence electrons. The van der Waals surface area contributed by atoms with E-state index in [1.807, 2.05) is 24.3 Å². The van der Waals surface area contributed by atoms with Crippen LogP contribution >= 0.6 is 15.9 Å². The molecule has 0 fully saturated rings. The third-order valence-electron chi connectivity index (χ3n) is 2.81. The standard InChI is InChI=1S/C15H12BrF3N2O/c16-12-3-1-2-10(8-12)9-20-14(22)21-13-6-4-11(5-7-13)15(17,18)19/h1-8H,9H2,(H2,20,21,22). The molecule has 2 aromatic rings. The van der Waals surface area contributed by atoms with Crippen LogP contribution in [-0.4, -0.2) is 6.03 Å². The molecule has 0 heterocycles. The Morgan fingerprint density at radius 2 is 1.77 bits per heavy atom. The molecule has 0 aliphatic rings. The van der Waals surface area contributed by atoms with E-state index in [9.17, 15) is 18.0 Å². The maximum atomic E-state index is 12.4. The van der Waals surface area contributed by atoms with Crippen molar-refractivity contribution in [3.05, 3.63) is 64.1 Å². The summed E-state index contributed by atoms with van der Waals surface area (Å²) in [7, 11) is 0. The highest BCUT2D eigenvalue weighted by Crippen LogP contribution is 2.29. The topological polar surface area (TPSA) is 41.1 Å². The minimum absolute atomic E-state index is 0.291. The molecule has 7 heteroatoms. The fraction of sp³-hybridized carbons (Fsp3) is 0.133. The molecule has 0 aliphatic heterocycles. The molecule has 2 rings (SSSR count). The van der Waals surface area contributed by atoms with Crippen LogP contribution in [0.1, 0.15) is 11.1 Å². The van der Waals surface area contributed by atoms with Gasteiger partial charge in [0.2, 0.25) is 0 Å². The zero-order valence-electron chi connectivity index (χ0n) is 11.2. The predicted molar refractivity (Wildman–Crippen MR) is 81.4 cm³/mol. The first-order valence-corrected chi connectivity index (χ1v) is 7.10. The highest BCUT2D eigenvalue weighted by atomic mass is 79.9. The molecule has 2 N–H and O–H groups in total. The van der Waals surface area contributed by atoms with Crippen LogP contribution in [0.25, 0.3) is 0 Å². The van der Waals surface area contributed by atoms with Crippen molar-refractivity contribution in [2.75, 3.05) is 5.32 Å². The van der Waals surface area contributed by atoms with Crippen LogP contribution in [-0.2, 0) is 12.7 Å². The quantitative estimate of drug-likeness (QED) is 0.798. The van der Waals surface area contributed by atoms with Gasteiger partial charge in [0.1, 0.15) is 0 Å². The van der Waals surface area contributed by atoms with Crippen LogP contribution in [0.15, 0.2) is 53.0 Å². The number of anilines is 1. The van der Waals surface area contributed by atoms with Crippen molar-refractivity contribution in [2.45, 2.75) is 12.7 Å². The summed E-state index contributed by atoms with van der Waals surface area (Å²) in [6.07, 6.45) is -4.39. The van der Waals surface area contributed by atoms with E-state index in [1.165, 1.54) is 12.1 Å². The lowest BCUT2D eigenvalue weighted by Gasteiger charge is -2.10. The molecule has 0 aliphatic carbocycles. The Kier molecular flexibility index (Phi) is 5.07. The average Bonchev–Trinajstić information content (AvgIpc) is 2.45. The van der Waals surface area contributed by atoms with E-state index < -0.39 is 17.8 Å². The van der Waals surface area contributed by atoms with Crippen LogP contribution in [0.5, 0.6) is 0 Å². The summed E-state index contributed by atoms with van der Waals surface area (Å²) < 4.78 is 38.2. The molecular weight excluding hydrogens is 361 g/mol. The Morgan fingerprint density at radius 3 is 2.36 bits per heavy atom. The van der Waals surface area contributed by atoms with E-state index in [4.69, 9.17) is 0 Å². The molecule has 0 radical (unpaired) electrons. The van der Waals surface area contributed by atoms with Gasteiger partial charge in [0.25, 0.3) is 0 Å². The molecule has 0 saturated carbocycles. The molecule has 2 aromatic carbocycles. The average molecular weight is 373 g/mol. The van der Waals surface area contributed by atoms with Gasteiger partial charge in [-0.3, -0.25) is 0 Å². The van der Waals surface area contributed by atoms with Crippen LogP contribution in [0.4, 0.5) is 23.7 Å². The molecule has 0 unspecified atom stereocenters. The van der Waals surface area contributed by atoms with Crippen LogP contribution in [0.3, 0.4) is 0 Å². The number of nitrogens with one attached hydrogen (secondary N) is 2. The normalized spacial score (nSPS) is 11.1. The number of hydrogen-bond donors (Lipinski definition) is 2. The SMILES string of the molecule is O=C(NCc1cccc(Br)c1)Nc1ccc(C(F)(F)F)cc1. The zero-order valence-corrected chi connectivity index (χ0v) is 12.8. The van der Waals surface area contributed by atoms with Gasteiger partial charge in [-0.25, -0.2) is 4.79 Å². The minimum atomic E-state index is -4.39. The summed E-state index contributed by atoms with van der Waals surface area (Å²) in [4.78, 5) is 11.7. The molecule has 22 heavy (non-hydrogen) atoms. The van der Waals surface area contributed by atoms with Gasteiger partial charge in [0, 0.05) is 16.7 Å². The Hall–Kier alpha value is -2.02. The Labute approximate surface area is 133 Å². The predicted octanol–water partition coefficient (Wildman–Crippen LogP) is 4.79. The Bertz CT molecular complexity index is 657. The van der Waals surface area contributed by atoms with Crippen molar-refractivity contribution in [2.24, 2.45) is 0 Å². The number of carbonyl (C=O) groups excluding carboxylic acids is 1. The van der Waals surface area contributed by atoms with Gasteiger partial charge >= 0.3 is 12.2 Å². The molecule has 0 bridgehead atoms. The Morgan fingerprint density at radius 1 is 1.09 bits per heavy atom. The molecule has 3 nitrogen and oxygen atoms in total. The number of rotatable bonds is 3. The lowest BCUT2D eigenvalue weighted by molar-refractivity contribution is -0.137. The van der Waals surface area contributed by atoms with Crippen molar-refractivity contribution in [3.8, 4) is 0 Å². The van der Waals surface area contributed by atoms with E-state index in [0.717, 1.165) is 22.2 Å². The van der Waals surface area contributed by atoms with Gasteiger partial charge in [-0.1, -0.05) is 28.1 Å². The van der Waals surface area contributed by atoms with Gasteiger partial charge < -0.3 is 10.6 Å². The lowest BCUT2D eigenvalue weighted by atomic mass is 10.2. The van der Waals surface area contributed by atoms with E-state index in [-0.39, 0.29) is 0 Å². The highest BCUT2D eigenvalue weighted by Gasteiger charge is 2.29. The van der Waals surface area contributed by atoms with Crippen LogP contribution < -0.4 is 10.6 Å². The lowest BCUT2D eigenvalue weighted by Crippen LogP contribution is -2.28. The molecule has 0 saturated heterocycles. The Balaban J connectivity index is 1.89. The van der Waals surface area contributed by atoms with Crippen LogP contribution in [0.2, 0.25) is 0 Å². The number of amides is 2. The highest BCUT2D eigenvalue weighted by molar-refractivity contribution is 9.10. The summed E-state index contributed by atoms with van der Waals surface area (Å²) in [5.74, 6) is 0. The van der Waals surface area contributed by atoms with Crippen molar-refractivity contribution >= 4 is 27.6 Å². The minimum Gasteiger partial charge on any atom is -0.334 e. The van der Waals surface area contributed by atoms with Gasteiger partial charge in [0.15, 0.2) is 0 Å². The monoisotopic (exact) mass is 372 g/mol. The second kappa shape index (κ2) is 6.83. The first kappa shape index (κ1) is 16.4. The molecule has 0 spiro atoms. The van der Waals surface area contributed by atoms with E-state index in [2.05, 4.69) is 26.6 Å². The third kappa shape index (κ3) is 4.77. The van der Waals surface area contributed by atoms with Gasteiger partial charge in [-0.15, -0.1) is 0 Å². The number of hydrogen-bond acceptors (Lipinski definition) is 1. The first-order chi connectivity index (χ1) is 10.3. The number of benzene rings is 2. The summed E-state index contributed by atoms with van der Waals surface area (Å²) >= 11 is 3.33. The summed E-state index contributed by atoms with van der Waals surface area (Å²) in [6.45, 7) is 0.311. The summed E-state index contributed by atoms with van der Waals surface area (Å²) in [5, 5.41) is 5.10. The van der Waals surface area contributed by atoms with E-state index >= 15 is 0 Å². The fourth-order valence-electron chi connectivity index (χ4n) is 1.75. The van der Waals surface area contributed by atoms with Gasteiger partial charge in [-0.2, -0.15) is 13.2 Å². The second-order valence-electron chi connectivity index (χ2n) is 4.51. The van der Waals surface area contributed by atoms with E-state index in [1.54, 1.807) is 0 Å². The fourth-order valence-corrected chi connectivity index (χ4v) is 2.19. The largest absolute Gasteiger partial charge is 0.416 e. The van der Waals surface area contributed by atoms with Crippen molar-refractivity contribution in [3.63, 3.8) is 0 Å².